The second-order valence-corrected chi connectivity index (χ2v) is 4.37. The maximum absolute atomic E-state index is 12.1. The molecule has 0 bridgehead atoms. The molecule has 2 N–H and O–H groups in total. The van der Waals surface area contributed by atoms with Gasteiger partial charge in [0.25, 0.3) is 5.91 Å². The summed E-state index contributed by atoms with van der Waals surface area (Å²) in [6, 6.07) is 9.34. The molecule has 0 fully saturated rings. The Balaban J connectivity index is 2.11. The van der Waals surface area contributed by atoms with Gasteiger partial charge in [-0.1, -0.05) is 18.2 Å². The summed E-state index contributed by atoms with van der Waals surface area (Å²) >= 11 is 0. The molecule has 1 aromatic heterocycles. The second-order valence-electron chi connectivity index (χ2n) is 4.37. The number of benzene rings is 1. The fourth-order valence-corrected chi connectivity index (χ4v) is 2.05. The Bertz CT molecular complexity index is 528. The summed E-state index contributed by atoms with van der Waals surface area (Å²) in [5, 5.41) is 3.85. The number of H-pyrrole nitrogens is 1. The highest BCUT2D eigenvalue weighted by Gasteiger charge is 2.19. The summed E-state index contributed by atoms with van der Waals surface area (Å²) in [7, 11) is 3.08. The summed E-state index contributed by atoms with van der Waals surface area (Å²) in [5.41, 5.74) is 1.47. The van der Waals surface area contributed by atoms with E-state index in [0.717, 1.165) is 10.9 Å². The topological polar surface area (TPSA) is 63.4 Å². The van der Waals surface area contributed by atoms with Crippen molar-refractivity contribution in [1.82, 2.24) is 10.3 Å². The van der Waals surface area contributed by atoms with Gasteiger partial charge in [-0.2, -0.15) is 0 Å². The molecule has 0 radical (unpaired) electrons. The molecular formula is C14H18N2O3. The minimum atomic E-state index is -0.465. The maximum Gasteiger partial charge on any atom is 0.268 e. The molecule has 102 valence electrons. The average Bonchev–Trinajstić information content (AvgIpc) is 2.84. The lowest BCUT2D eigenvalue weighted by atomic mass is 10.2. The fraction of sp³-hybridized carbons (Fsp3) is 0.357. The quantitative estimate of drug-likeness (QED) is 0.809. The monoisotopic (exact) mass is 262 g/mol. The van der Waals surface area contributed by atoms with E-state index in [2.05, 4.69) is 10.3 Å². The van der Waals surface area contributed by atoms with Crippen LogP contribution in [0.15, 0.2) is 30.3 Å². The molecule has 1 heterocycles. The van der Waals surface area contributed by atoms with Crippen molar-refractivity contribution in [2.24, 2.45) is 0 Å². The predicted octanol–water partition coefficient (Wildman–Crippen LogP) is 1.91. The highest BCUT2D eigenvalue weighted by molar-refractivity contribution is 5.98. The molecule has 19 heavy (non-hydrogen) atoms. The number of hydrogen-bond acceptors (Lipinski definition) is 3. The minimum absolute atomic E-state index is 0.178. The number of aromatic amines is 1. The van der Waals surface area contributed by atoms with Crippen LogP contribution < -0.4 is 5.32 Å². The molecule has 5 heteroatoms. The lowest BCUT2D eigenvalue weighted by molar-refractivity contribution is -0.117. The molecular weight excluding hydrogens is 244 g/mol. The zero-order valence-corrected chi connectivity index (χ0v) is 11.3. The molecule has 0 spiro atoms. The Morgan fingerprint density at radius 2 is 1.95 bits per heavy atom. The van der Waals surface area contributed by atoms with Gasteiger partial charge in [0.2, 0.25) is 0 Å². The third-order valence-electron chi connectivity index (χ3n) is 3.01. The first-order chi connectivity index (χ1) is 9.15. The second kappa shape index (κ2) is 5.86. The van der Waals surface area contributed by atoms with Crippen LogP contribution in [0.2, 0.25) is 0 Å². The molecule has 0 saturated heterocycles. The third-order valence-corrected chi connectivity index (χ3v) is 3.01. The summed E-state index contributed by atoms with van der Waals surface area (Å²) in [5.74, 6) is -0.178. The molecule has 1 atom stereocenters. The number of nitrogens with one attached hydrogen (secondary N) is 2. The van der Waals surface area contributed by atoms with Gasteiger partial charge in [-0.15, -0.1) is 0 Å². The SMILES string of the molecule is COC(OC)C(C)NC(=O)c1cc2ccccc2[nH]1. The Morgan fingerprint density at radius 1 is 1.26 bits per heavy atom. The third kappa shape index (κ3) is 2.94. The number of hydrogen-bond donors (Lipinski definition) is 2. The van der Waals surface area contributed by atoms with E-state index in [1.165, 1.54) is 0 Å². The molecule has 0 aliphatic rings. The number of aromatic nitrogens is 1. The lowest BCUT2D eigenvalue weighted by Gasteiger charge is -2.21. The lowest BCUT2D eigenvalue weighted by Crippen LogP contribution is -2.43. The zero-order valence-electron chi connectivity index (χ0n) is 11.3. The van der Waals surface area contributed by atoms with E-state index in [4.69, 9.17) is 9.47 Å². The van der Waals surface area contributed by atoms with Crippen LogP contribution in [0.4, 0.5) is 0 Å². The smallest absolute Gasteiger partial charge is 0.268 e. The van der Waals surface area contributed by atoms with Crippen LogP contribution in [-0.2, 0) is 9.47 Å². The Hall–Kier alpha value is -1.85. The highest BCUT2D eigenvalue weighted by Crippen LogP contribution is 2.14. The van der Waals surface area contributed by atoms with Crippen molar-refractivity contribution < 1.29 is 14.3 Å². The summed E-state index contributed by atoms with van der Waals surface area (Å²) in [6.07, 6.45) is -0.465. The minimum Gasteiger partial charge on any atom is -0.354 e. The number of ether oxygens (including phenoxy) is 2. The molecule has 0 aliphatic carbocycles. The van der Waals surface area contributed by atoms with E-state index in [9.17, 15) is 4.79 Å². The van der Waals surface area contributed by atoms with Gasteiger partial charge >= 0.3 is 0 Å². The fourth-order valence-electron chi connectivity index (χ4n) is 2.05. The van der Waals surface area contributed by atoms with Crippen molar-refractivity contribution in [2.45, 2.75) is 19.3 Å². The van der Waals surface area contributed by atoms with Gasteiger partial charge in [-0.25, -0.2) is 0 Å². The Morgan fingerprint density at radius 3 is 2.58 bits per heavy atom. The van der Waals surface area contributed by atoms with Crippen molar-refractivity contribution in [3.63, 3.8) is 0 Å². The largest absolute Gasteiger partial charge is 0.354 e. The van der Waals surface area contributed by atoms with E-state index in [1.54, 1.807) is 14.2 Å². The van der Waals surface area contributed by atoms with E-state index in [0.29, 0.717) is 5.69 Å². The van der Waals surface area contributed by atoms with Crippen LogP contribution in [0, 0.1) is 0 Å². The van der Waals surface area contributed by atoms with Gasteiger partial charge < -0.3 is 19.8 Å². The van der Waals surface area contributed by atoms with Crippen molar-refractivity contribution in [3.05, 3.63) is 36.0 Å². The number of rotatable bonds is 5. The Kier molecular flexibility index (Phi) is 4.19. The van der Waals surface area contributed by atoms with Crippen LogP contribution in [-0.4, -0.2) is 37.4 Å². The van der Waals surface area contributed by atoms with Crippen LogP contribution in [0.25, 0.3) is 10.9 Å². The van der Waals surface area contributed by atoms with E-state index >= 15 is 0 Å². The van der Waals surface area contributed by atoms with Crippen LogP contribution in [0.1, 0.15) is 17.4 Å². The number of para-hydroxylation sites is 1. The highest BCUT2D eigenvalue weighted by atomic mass is 16.7. The average molecular weight is 262 g/mol. The van der Waals surface area contributed by atoms with Crippen molar-refractivity contribution in [2.75, 3.05) is 14.2 Å². The number of methoxy groups -OCH3 is 2. The van der Waals surface area contributed by atoms with E-state index in [1.807, 2.05) is 37.3 Å². The van der Waals surface area contributed by atoms with Crippen LogP contribution in [0.3, 0.4) is 0 Å². The molecule has 5 nitrogen and oxygen atoms in total. The van der Waals surface area contributed by atoms with Gasteiger partial charge in [-0.3, -0.25) is 4.79 Å². The number of fused-ring (bicyclic) bond motifs is 1. The molecule has 0 saturated carbocycles. The van der Waals surface area contributed by atoms with Crippen molar-refractivity contribution >= 4 is 16.8 Å². The van der Waals surface area contributed by atoms with Gasteiger partial charge in [0.15, 0.2) is 6.29 Å². The zero-order chi connectivity index (χ0) is 13.8. The van der Waals surface area contributed by atoms with E-state index in [-0.39, 0.29) is 11.9 Å². The molecule has 2 aromatic rings. The van der Waals surface area contributed by atoms with Gasteiger partial charge in [-0.05, 0) is 19.1 Å². The predicted molar refractivity (Wildman–Crippen MR) is 73.0 cm³/mol. The van der Waals surface area contributed by atoms with Crippen LogP contribution in [0.5, 0.6) is 0 Å². The van der Waals surface area contributed by atoms with Crippen molar-refractivity contribution in [1.29, 1.82) is 0 Å². The Labute approximate surface area is 111 Å². The standard InChI is InChI=1S/C14H18N2O3/c1-9(14(18-2)19-3)15-13(17)12-8-10-6-4-5-7-11(10)16-12/h4-9,14,16H,1-3H3,(H,15,17). The maximum atomic E-state index is 12.1. The summed E-state index contributed by atoms with van der Waals surface area (Å²) < 4.78 is 10.2. The number of carbonyl (C=O) groups is 1. The molecule has 1 amide bonds. The first-order valence-electron chi connectivity index (χ1n) is 6.10. The normalized spacial score (nSPS) is 12.8. The molecule has 1 aromatic carbocycles. The van der Waals surface area contributed by atoms with Gasteiger partial charge in [0.05, 0.1) is 6.04 Å². The number of amides is 1. The van der Waals surface area contributed by atoms with E-state index < -0.39 is 6.29 Å². The van der Waals surface area contributed by atoms with Crippen LogP contribution >= 0.6 is 0 Å². The first kappa shape index (κ1) is 13.6. The first-order valence-corrected chi connectivity index (χ1v) is 6.10. The molecule has 0 aliphatic heterocycles. The van der Waals surface area contributed by atoms with Gasteiger partial charge in [0, 0.05) is 25.1 Å². The van der Waals surface area contributed by atoms with Crippen molar-refractivity contribution in [3.8, 4) is 0 Å². The van der Waals surface area contributed by atoms with Gasteiger partial charge in [0.1, 0.15) is 5.69 Å². The molecule has 1 unspecified atom stereocenters. The number of carbonyl (C=O) groups excluding carboxylic acids is 1. The molecule has 2 rings (SSSR count). The summed E-state index contributed by atoms with van der Waals surface area (Å²) in [6.45, 7) is 1.83. The summed E-state index contributed by atoms with van der Waals surface area (Å²) in [4.78, 5) is 15.2.